The number of carbonyl (C=O) groups excluding carboxylic acids is 1. The first-order valence-corrected chi connectivity index (χ1v) is 10.6. The van der Waals surface area contributed by atoms with Crippen molar-refractivity contribution in [3.05, 3.63) is 88.5 Å². The molecule has 1 heterocycles. The van der Waals surface area contributed by atoms with Crippen LogP contribution in [0.1, 0.15) is 53.1 Å². The van der Waals surface area contributed by atoms with Crippen LogP contribution in [0.3, 0.4) is 0 Å². The summed E-state index contributed by atoms with van der Waals surface area (Å²) >= 11 is 6.48. The van der Waals surface area contributed by atoms with Gasteiger partial charge in [-0.2, -0.15) is 0 Å². The molecule has 2 nitrogen and oxygen atoms in total. The quantitative estimate of drug-likeness (QED) is 0.487. The number of allylic oxidation sites excluding steroid dienone is 4. The molecule has 0 fully saturated rings. The van der Waals surface area contributed by atoms with Crippen molar-refractivity contribution < 1.29 is 4.79 Å². The van der Waals surface area contributed by atoms with E-state index in [9.17, 15) is 4.79 Å². The Bertz CT molecular complexity index is 962. The molecule has 2 aliphatic carbocycles. The third-order valence-corrected chi connectivity index (χ3v) is 6.79. The first-order valence-electron chi connectivity index (χ1n) is 10.2. The number of rotatable bonds is 3. The lowest BCUT2D eigenvalue weighted by molar-refractivity contribution is 0.103. The zero-order chi connectivity index (χ0) is 19.1. The smallest absolute Gasteiger partial charge is 0.195 e. The van der Waals surface area contributed by atoms with Gasteiger partial charge in [0.15, 0.2) is 5.78 Å². The SMILES string of the molecule is O=C(c1ccccc1)c1cc(Cl)cc2c1N[C@H]([C@H]1CC=CCC1)[C@@H]1CC=C[C@H]21. The highest BCUT2D eigenvalue weighted by molar-refractivity contribution is 6.31. The van der Waals surface area contributed by atoms with Gasteiger partial charge in [0, 0.05) is 33.8 Å². The van der Waals surface area contributed by atoms with Crippen molar-refractivity contribution in [2.24, 2.45) is 11.8 Å². The average molecular weight is 390 g/mol. The standard InChI is InChI=1S/C25H24ClNO/c26-18-14-21-19-12-7-13-20(19)23(16-8-3-1-4-9-16)27-24(21)22(15-18)25(28)17-10-5-2-6-11-17/h1-3,5-7,10-12,14-16,19-20,23,27H,4,8-9,13H2/t16-,19-,20+,23+/m0/s1. The molecule has 0 bridgehead atoms. The second kappa shape index (κ2) is 7.25. The van der Waals surface area contributed by atoms with Crippen molar-refractivity contribution in [2.45, 2.75) is 37.6 Å². The fraction of sp³-hybridized carbons (Fsp3) is 0.320. The van der Waals surface area contributed by atoms with Gasteiger partial charge in [0.25, 0.3) is 0 Å². The lowest BCUT2D eigenvalue weighted by Crippen LogP contribution is -2.42. The maximum absolute atomic E-state index is 13.3. The summed E-state index contributed by atoms with van der Waals surface area (Å²) in [4.78, 5) is 13.3. The second-order valence-corrected chi connectivity index (χ2v) is 8.62. The Kier molecular flexibility index (Phi) is 4.60. The molecule has 3 heteroatoms. The number of fused-ring (bicyclic) bond motifs is 3. The van der Waals surface area contributed by atoms with Gasteiger partial charge >= 0.3 is 0 Å². The van der Waals surface area contributed by atoms with Gasteiger partial charge in [-0.3, -0.25) is 4.79 Å². The Labute approximate surface area is 171 Å². The molecule has 28 heavy (non-hydrogen) atoms. The molecule has 2 aromatic rings. The Morgan fingerprint density at radius 3 is 2.68 bits per heavy atom. The minimum absolute atomic E-state index is 0.0366. The molecular formula is C25H24ClNO. The van der Waals surface area contributed by atoms with Crippen molar-refractivity contribution in [2.75, 3.05) is 5.32 Å². The normalized spacial score (nSPS) is 27.8. The molecule has 2 aromatic carbocycles. The van der Waals surface area contributed by atoms with Crippen molar-refractivity contribution in [3.8, 4) is 0 Å². The van der Waals surface area contributed by atoms with Gasteiger partial charge < -0.3 is 5.32 Å². The van der Waals surface area contributed by atoms with Gasteiger partial charge in [0.2, 0.25) is 0 Å². The number of nitrogens with one attached hydrogen (secondary N) is 1. The minimum atomic E-state index is 0.0366. The van der Waals surface area contributed by atoms with Gasteiger partial charge in [0.05, 0.1) is 0 Å². The van der Waals surface area contributed by atoms with Gasteiger partial charge in [0.1, 0.15) is 0 Å². The molecular weight excluding hydrogens is 366 g/mol. The van der Waals surface area contributed by atoms with Crippen LogP contribution in [0.15, 0.2) is 66.8 Å². The van der Waals surface area contributed by atoms with Gasteiger partial charge in [-0.25, -0.2) is 0 Å². The highest BCUT2D eigenvalue weighted by Gasteiger charge is 2.42. The van der Waals surface area contributed by atoms with Crippen LogP contribution in [-0.2, 0) is 0 Å². The molecule has 142 valence electrons. The predicted octanol–water partition coefficient (Wildman–Crippen LogP) is 6.38. The number of anilines is 1. The maximum Gasteiger partial charge on any atom is 0.195 e. The molecule has 0 unspecified atom stereocenters. The van der Waals surface area contributed by atoms with Crippen molar-refractivity contribution in [1.29, 1.82) is 0 Å². The third-order valence-electron chi connectivity index (χ3n) is 6.58. The first kappa shape index (κ1) is 17.8. The molecule has 0 radical (unpaired) electrons. The summed E-state index contributed by atoms with van der Waals surface area (Å²) in [7, 11) is 0. The lowest BCUT2D eigenvalue weighted by Gasteiger charge is -2.42. The average Bonchev–Trinajstić information content (AvgIpc) is 3.24. The number of carbonyl (C=O) groups is 1. The molecule has 1 aliphatic heterocycles. The fourth-order valence-electron chi connectivity index (χ4n) is 5.24. The highest BCUT2D eigenvalue weighted by atomic mass is 35.5. The summed E-state index contributed by atoms with van der Waals surface area (Å²) < 4.78 is 0. The molecule has 0 amide bonds. The van der Waals surface area contributed by atoms with E-state index in [1.165, 1.54) is 12.0 Å². The van der Waals surface area contributed by atoms with Gasteiger partial charge in [-0.15, -0.1) is 0 Å². The molecule has 4 atom stereocenters. The number of halogens is 1. The van der Waals surface area contributed by atoms with E-state index in [0.29, 0.717) is 39.9 Å². The molecule has 5 rings (SSSR count). The highest BCUT2D eigenvalue weighted by Crippen LogP contribution is 2.49. The van der Waals surface area contributed by atoms with E-state index >= 15 is 0 Å². The van der Waals surface area contributed by atoms with E-state index in [1.54, 1.807) is 0 Å². The molecule has 3 aliphatic rings. The van der Waals surface area contributed by atoms with Crippen LogP contribution in [-0.4, -0.2) is 11.8 Å². The third kappa shape index (κ3) is 3.00. The van der Waals surface area contributed by atoms with Crippen LogP contribution >= 0.6 is 11.6 Å². The summed E-state index contributed by atoms with van der Waals surface area (Å²) in [6, 6.07) is 13.8. The topological polar surface area (TPSA) is 29.1 Å². The van der Waals surface area contributed by atoms with Crippen LogP contribution in [0.5, 0.6) is 0 Å². The lowest BCUT2D eigenvalue weighted by atomic mass is 9.71. The van der Waals surface area contributed by atoms with E-state index < -0.39 is 0 Å². The minimum Gasteiger partial charge on any atom is -0.381 e. The van der Waals surface area contributed by atoms with E-state index in [2.05, 4.69) is 35.7 Å². The number of hydrogen-bond donors (Lipinski definition) is 1. The maximum atomic E-state index is 13.3. The largest absolute Gasteiger partial charge is 0.381 e. The van der Waals surface area contributed by atoms with Gasteiger partial charge in [-0.05, 0) is 55.2 Å². The van der Waals surface area contributed by atoms with Crippen LogP contribution < -0.4 is 5.32 Å². The molecule has 0 saturated heterocycles. The van der Waals surface area contributed by atoms with E-state index in [1.807, 2.05) is 36.4 Å². The first-order chi connectivity index (χ1) is 13.7. The van der Waals surface area contributed by atoms with Crippen molar-refractivity contribution in [3.63, 3.8) is 0 Å². The zero-order valence-electron chi connectivity index (χ0n) is 15.8. The number of ketones is 1. The Morgan fingerprint density at radius 1 is 1.04 bits per heavy atom. The van der Waals surface area contributed by atoms with Crippen LogP contribution in [0.2, 0.25) is 5.02 Å². The van der Waals surface area contributed by atoms with Crippen LogP contribution in [0, 0.1) is 11.8 Å². The van der Waals surface area contributed by atoms with Crippen LogP contribution in [0.4, 0.5) is 5.69 Å². The molecule has 0 spiro atoms. The van der Waals surface area contributed by atoms with Crippen molar-refractivity contribution in [1.82, 2.24) is 0 Å². The predicted molar refractivity (Wildman–Crippen MR) is 115 cm³/mol. The summed E-state index contributed by atoms with van der Waals surface area (Å²) in [5.74, 6) is 1.53. The van der Waals surface area contributed by atoms with Crippen LogP contribution in [0.25, 0.3) is 0 Å². The summed E-state index contributed by atoms with van der Waals surface area (Å²) in [6.07, 6.45) is 13.8. The summed E-state index contributed by atoms with van der Waals surface area (Å²) in [5.41, 5.74) is 3.57. The fourth-order valence-corrected chi connectivity index (χ4v) is 5.46. The van der Waals surface area contributed by atoms with E-state index in [0.717, 1.165) is 24.9 Å². The van der Waals surface area contributed by atoms with Crippen molar-refractivity contribution >= 4 is 23.1 Å². The number of benzene rings is 2. The molecule has 0 saturated carbocycles. The Morgan fingerprint density at radius 2 is 1.89 bits per heavy atom. The summed E-state index contributed by atoms with van der Waals surface area (Å²) in [5, 5.41) is 4.47. The van der Waals surface area contributed by atoms with Gasteiger partial charge in [-0.1, -0.05) is 66.2 Å². The summed E-state index contributed by atoms with van der Waals surface area (Å²) in [6.45, 7) is 0. The number of hydrogen-bond acceptors (Lipinski definition) is 2. The Hall–Kier alpha value is -2.32. The second-order valence-electron chi connectivity index (χ2n) is 8.18. The zero-order valence-corrected chi connectivity index (χ0v) is 16.5. The monoisotopic (exact) mass is 389 g/mol. The molecule has 0 aromatic heterocycles. The molecule has 1 N–H and O–H groups in total. The van der Waals surface area contributed by atoms with E-state index in [4.69, 9.17) is 11.6 Å². The van der Waals surface area contributed by atoms with E-state index in [-0.39, 0.29) is 5.78 Å². The Balaban J connectivity index is 1.60.